The summed E-state index contributed by atoms with van der Waals surface area (Å²) < 4.78 is 1.38. The molecule has 0 bridgehead atoms. The average molecular weight is 302 g/mol. The van der Waals surface area contributed by atoms with E-state index in [1.807, 2.05) is 36.4 Å². The van der Waals surface area contributed by atoms with Crippen LogP contribution in [-0.2, 0) is 4.79 Å². The number of carbonyl (C=O) groups excluding carboxylic acids is 1. The minimum atomic E-state index is -0.508. The van der Waals surface area contributed by atoms with Crippen LogP contribution < -0.4 is 5.32 Å². The van der Waals surface area contributed by atoms with Crippen molar-refractivity contribution in [2.45, 2.75) is 6.42 Å². The summed E-state index contributed by atoms with van der Waals surface area (Å²) in [7, 11) is 0. The highest BCUT2D eigenvalue weighted by atomic mass is 16.1. The quantitative estimate of drug-likeness (QED) is 0.797. The van der Waals surface area contributed by atoms with Gasteiger partial charge in [0.05, 0.1) is 17.8 Å². The van der Waals surface area contributed by atoms with Gasteiger partial charge in [0.15, 0.2) is 11.6 Å². The molecular weight excluding hydrogens is 292 g/mol. The molecule has 0 aliphatic heterocycles. The molecule has 1 aromatic carbocycles. The Kier molecular flexibility index (Phi) is 3.69. The lowest BCUT2D eigenvalue weighted by Crippen LogP contribution is -2.15. The highest BCUT2D eigenvalue weighted by Gasteiger charge is 2.15. The molecule has 0 radical (unpaired) electrons. The molecule has 0 unspecified atom stereocenters. The average Bonchev–Trinajstić information content (AvgIpc) is 2.97. The lowest BCUT2D eigenvalue weighted by molar-refractivity contribution is -0.115. The molecule has 7 nitrogen and oxygen atoms in total. The highest BCUT2D eigenvalue weighted by molar-refractivity contribution is 5.92. The first kappa shape index (κ1) is 14.2. The van der Waals surface area contributed by atoms with Gasteiger partial charge in [0, 0.05) is 5.39 Å². The number of anilines is 1. The summed E-state index contributed by atoms with van der Waals surface area (Å²) in [6.45, 7) is 0. The third-order valence-corrected chi connectivity index (χ3v) is 3.19. The van der Waals surface area contributed by atoms with Crippen molar-refractivity contribution >= 4 is 22.6 Å². The Morgan fingerprint density at radius 2 is 2.04 bits per heavy atom. The molecule has 110 valence electrons. The zero-order chi connectivity index (χ0) is 16.2. The lowest BCUT2D eigenvalue weighted by Gasteiger charge is -2.08. The highest BCUT2D eigenvalue weighted by Crippen LogP contribution is 2.21. The summed E-state index contributed by atoms with van der Waals surface area (Å²) >= 11 is 0. The molecule has 0 saturated heterocycles. The maximum Gasteiger partial charge on any atom is 0.239 e. The monoisotopic (exact) mass is 302 g/mol. The first-order chi connectivity index (χ1) is 11.2. The maximum atomic E-state index is 11.7. The number of rotatable bonds is 3. The van der Waals surface area contributed by atoms with E-state index in [4.69, 9.17) is 10.5 Å². The number of benzene rings is 1. The Bertz CT molecular complexity index is 976. The molecule has 0 aliphatic carbocycles. The van der Waals surface area contributed by atoms with Gasteiger partial charge >= 0.3 is 0 Å². The first-order valence-electron chi connectivity index (χ1n) is 6.74. The molecular formula is C16H10N6O. The van der Waals surface area contributed by atoms with Crippen molar-refractivity contribution in [3.05, 3.63) is 48.2 Å². The molecule has 3 rings (SSSR count). The molecule has 2 aromatic heterocycles. The fourth-order valence-electron chi connectivity index (χ4n) is 2.15. The molecule has 23 heavy (non-hydrogen) atoms. The molecule has 2 heterocycles. The topological polar surface area (TPSA) is 107 Å². The van der Waals surface area contributed by atoms with Gasteiger partial charge in [0.25, 0.3) is 0 Å². The Balaban J connectivity index is 2.08. The summed E-state index contributed by atoms with van der Waals surface area (Å²) in [6, 6.07) is 14.9. The normalized spacial score (nSPS) is 10.0. The zero-order valence-electron chi connectivity index (χ0n) is 11.9. The van der Waals surface area contributed by atoms with E-state index >= 15 is 0 Å². The molecule has 1 amide bonds. The number of hydrogen-bond donors (Lipinski definition) is 1. The predicted molar refractivity (Wildman–Crippen MR) is 82.4 cm³/mol. The van der Waals surface area contributed by atoms with Crippen molar-refractivity contribution in [2.75, 3.05) is 5.32 Å². The SMILES string of the molecule is N#CCC(=O)Nc1c(C#N)cnn1-c1ccc2ccccc2n1. The number of nitriles is 2. The van der Waals surface area contributed by atoms with Gasteiger partial charge in [0.1, 0.15) is 18.1 Å². The fraction of sp³-hybridized carbons (Fsp3) is 0.0625. The van der Waals surface area contributed by atoms with Crippen molar-refractivity contribution in [3.8, 4) is 18.0 Å². The molecule has 0 aliphatic rings. The van der Waals surface area contributed by atoms with Crippen molar-refractivity contribution in [1.29, 1.82) is 10.5 Å². The number of fused-ring (bicyclic) bond motifs is 1. The van der Waals surface area contributed by atoms with Crippen LogP contribution in [0.25, 0.3) is 16.7 Å². The van der Waals surface area contributed by atoms with Gasteiger partial charge in [-0.2, -0.15) is 20.3 Å². The van der Waals surface area contributed by atoms with Crippen LogP contribution in [0.15, 0.2) is 42.6 Å². The number of para-hydroxylation sites is 1. The molecule has 0 saturated carbocycles. The van der Waals surface area contributed by atoms with E-state index in [0.29, 0.717) is 5.82 Å². The zero-order valence-corrected chi connectivity index (χ0v) is 11.9. The van der Waals surface area contributed by atoms with E-state index < -0.39 is 5.91 Å². The molecule has 0 atom stereocenters. The molecule has 0 spiro atoms. The van der Waals surface area contributed by atoms with E-state index in [1.54, 1.807) is 12.1 Å². The smallest absolute Gasteiger partial charge is 0.239 e. The van der Waals surface area contributed by atoms with Crippen molar-refractivity contribution in [3.63, 3.8) is 0 Å². The van der Waals surface area contributed by atoms with E-state index in [0.717, 1.165) is 10.9 Å². The number of amides is 1. The van der Waals surface area contributed by atoms with Gasteiger partial charge in [-0.25, -0.2) is 4.98 Å². The van der Waals surface area contributed by atoms with Crippen LogP contribution in [0.1, 0.15) is 12.0 Å². The van der Waals surface area contributed by atoms with E-state index in [2.05, 4.69) is 15.4 Å². The van der Waals surface area contributed by atoms with Gasteiger partial charge in [0.2, 0.25) is 5.91 Å². The summed E-state index contributed by atoms with van der Waals surface area (Å²) in [5.74, 6) is 0.166. The van der Waals surface area contributed by atoms with Gasteiger partial charge in [-0.05, 0) is 18.2 Å². The second-order valence-corrected chi connectivity index (χ2v) is 4.68. The molecule has 0 fully saturated rings. The maximum absolute atomic E-state index is 11.7. The Hall–Kier alpha value is -3.71. The second-order valence-electron chi connectivity index (χ2n) is 4.68. The van der Waals surface area contributed by atoms with Gasteiger partial charge in [-0.3, -0.25) is 4.79 Å². The number of nitrogens with zero attached hydrogens (tertiary/aromatic N) is 5. The van der Waals surface area contributed by atoms with E-state index in [-0.39, 0.29) is 17.8 Å². The van der Waals surface area contributed by atoms with Crippen molar-refractivity contribution in [2.24, 2.45) is 0 Å². The fourth-order valence-corrected chi connectivity index (χ4v) is 2.15. The van der Waals surface area contributed by atoms with Crippen LogP contribution in [0.5, 0.6) is 0 Å². The molecule has 3 aromatic rings. The minimum absolute atomic E-state index is 0.200. The first-order valence-corrected chi connectivity index (χ1v) is 6.74. The van der Waals surface area contributed by atoms with Crippen molar-refractivity contribution < 1.29 is 4.79 Å². The van der Waals surface area contributed by atoms with E-state index in [9.17, 15) is 4.79 Å². The van der Waals surface area contributed by atoms with Crippen LogP contribution in [0.4, 0.5) is 5.82 Å². The van der Waals surface area contributed by atoms with Gasteiger partial charge in [-0.1, -0.05) is 18.2 Å². The van der Waals surface area contributed by atoms with E-state index in [1.165, 1.54) is 10.9 Å². The molecule has 1 N–H and O–H groups in total. The minimum Gasteiger partial charge on any atom is -0.309 e. The number of nitrogens with one attached hydrogen (secondary N) is 1. The van der Waals surface area contributed by atoms with Gasteiger partial charge < -0.3 is 5.32 Å². The Morgan fingerprint density at radius 1 is 1.22 bits per heavy atom. The summed E-state index contributed by atoms with van der Waals surface area (Å²) in [6.07, 6.45) is 1.04. The van der Waals surface area contributed by atoms with Crippen molar-refractivity contribution in [1.82, 2.24) is 14.8 Å². The van der Waals surface area contributed by atoms with Crippen LogP contribution in [0, 0.1) is 22.7 Å². The number of pyridine rings is 1. The Morgan fingerprint density at radius 3 is 2.83 bits per heavy atom. The summed E-state index contributed by atoms with van der Waals surface area (Å²) in [5.41, 5.74) is 0.972. The lowest BCUT2D eigenvalue weighted by atomic mass is 10.2. The Labute approximate surface area is 131 Å². The summed E-state index contributed by atoms with van der Waals surface area (Å²) in [4.78, 5) is 16.2. The molecule has 7 heteroatoms. The number of carbonyl (C=O) groups is 1. The van der Waals surface area contributed by atoms with Crippen LogP contribution in [0.3, 0.4) is 0 Å². The second kappa shape index (κ2) is 5.96. The predicted octanol–water partition coefficient (Wildman–Crippen LogP) is 2.14. The largest absolute Gasteiger partial charge is 0.309 e. The number of hydrogen-bond acceptors (Lipinski definition) is 5. The third-order valence-electron chi connectivity index (χ3n) is 3.19. The summed E-state index contributed by atoms with van der Waals surface area (Å²) in [5, 5.41) is 25.4. The third kappa shape index (κ3) is 2.71. The van der Waals surface area contributed by atoms with Crippen LogP contribution in [-0.4, -0.2) is 20.7 Å². The standard InChI is InChI=1S/C16H10N6O/c17-8-7-15(23)21-16-12(9-18)10-19-22(16)14-6-5-11-3-1-2-4-13(11)20-14/h1-6,10H,7H2,(H,21,23). The van der Waals surface area contributed by atoms with Crippen LogP contribution in [0.2, 0.25) is 0 Å². The van der Waals surface area contributed by atoms with Crippen LogP contribution >= 0.6 is 0 Å². The number of aromatic nitrogens is 3. The van der Waals surface area contributed by atoms with Gasteiger partial charge in [-0.15, -0.1) is 0 Å².